The molecule has 3 fully saturated rings. The maximum atomic E-state index is 14.6. The summed E-state index contributed by atoms with van der Waals surface area (Å²) in [7, 11) is -3.56. The van der Waals surface area contributed by atoms with Gasteiger partial charge in [0.25, 0.3) is 5.91 Å². The summed E-state index contributed by atoms with van der Waals surface area (Å²) in [6, 6.07) is 21.6. The van der Waals surface area contributed by atoms with E-state index in [1.807, 2.05) is 12.1 Å². The summed E-state index contributed by atoms with van der Waals surface area (Å²) in [5, 5.41) is 0.0858. The van der Waals surface area contributed by atoms with Crippen LogP contribution in [0.25, 0.3) is 11.0 Å². The van der Waals surface area contributed by atoms with E-state index in [4.69, 9.17) is 16.6 Å². The Hall–Kier alpha value is -3.47. The van der Waals surface area contributed by atoms with Gasteiger partial charge in [0.05, 0.1) is 33.6 Å². The standard InChI is InChI=1S/C36H41ClFN5O3S/c1-24-39-31-10-3-4-12-33(31)43(24)29-22-27-13-14-28(23-29)42(27)20-17-36(25-7-5-8-26(38)21-25)15-18-41(19-16-36)35(44)30-9-6-11-32(34(30)37)40-47(2,45)46/h3-12,21,27-29,40H,13-20,22-23H2,1-2H3/t27-,28+,29?. The number of imidazole rings is 1. The average Bonchev–Trinajstić information content (AvgIpc) is 3.50. The van der Waals surface area contributed by atoms with Gasteiger partial charge in [-0.15, -0.1) is 0 Å². The van der Waals surface area contributed by atoms with Crippen LogP contribution in [0.15, 0.2) is 66.7 Å². The summed E-state index contributed by atoms with van der Waals surface area (Å²) in [5.74, 6) is 0.601. The molecule has 3 aromatic carbocycles. The summed E-state index contributed by atoms with van der Waals surface area (Å²) < 4.78 is 43.1. The Balaban J connectivity index is 1.07. The molecule has 4 heterocycles. The summed E-state index contributed by atoms with van der Waals surface area (Å²) in [4.78, 5) is 23.0. The normalized spacial score (nSPS) is 22.9. The second kappa shape index (κ2) is 12.5. The fourth-order valence-electron chi connectivity index (χ4n) is 8.58. The Morgan fingerprint density at radius 1 is 1.00 bits per heavy atom. The first-order valence-corrected chi connectivity index (χ1v) is 18.8. The van der Waals surface area contributed by atoms with Crippen LogP contribution < -0.4 is 4.72 Å². The number of fused-ring (bicyclic) bond motifs is 3. The van der Waals surface area contributed by atoms with Gasteiger partial charge in [0.15, 0.2) is 0 Å². The van der Waals surface area contributed by atoms with Gasteiger partial charge in [-0.3, -0.25) is 14.4 Å². The van der Waals surface area contributed by atoms with Gasteiger partial charge in [0.1, 0.15) is 11.6 Å². The lowest BCUT2D eigenvalue weighted by Crippen LogP contribution is -2.49. The number of piperidine rings is 2. The maximum Gasteiger partial charge on any atom is 0.255 e. The van der Waals surface area contributed by atoms with E-state index in [9.17, 15) is 17.6 Å². The van der Waals surface area contributed by atoms with Gasteiger partial charge in [-0.05, 0) is 106 Å². The van der Waals surface area contributed by atoms with E-state index >= 15 is 0 Å². The number of nitrogens with one attached hydrogen (secondary N) is 1. The van der Waals surface area contributed by atoms with Crippen molar-refractivity contribution in [2.75, 3.05) is 30.6 Å². The number of aromatic nitrogens is 2. The van der Waals surface area contributed by atoms with Crippen molar-refractivity contribution in [1.29, 1.82) is 0 Å². The van der Waals surface area contributed by atoms with Gasteiger partial charge in [0.2, 0.25) is 10.0 Å². The quantitative estimate of drug-likeness (QED) is 0.218. The number of nitrogens with zero attached hydrogens (tertiary/aromatic N) is 4. The molecule has 0 spiro atoms. The summed E-state index contributed by atoms with van der Waals surface area (Å²) >= 11 is 6.52. The Bertz CT molecular complexity index is 1910. The molecule has 0 saturated carbocycles. The van der Waals surface area contributed by atoms with Gasteiger partial charge >= 0.3 is 0 Å². The van der Waals surface area contributed by atoms with Gasteiger partial charge in [0, 0.05) is 31.2 Å². The molecule has 3 saturated heterocycles. The third kappa shape index (κ3) is 6.27. The number of hydrogen-bond donors (Lipinski definition) is 1. The molecule has 2 bridgehead atoms. The minimum absolute atomic E-state index is 0.0858. The van der Waals surface area contributed by atoms with E-state index in [0.717, 1.165) is 49.0 Å². The number of aryl methyl sites for hydroxylation is 1. The van der Waals surface area contributed by atoms with Crippen LogP contribution in [0.4, 0.5) is 10.1 Å². The van der Waals surface area contributed by atoms with E-state index < -0.39 is 10.0 Å². The Labute approximate surface area is 281 Å². The molecule has 3 aliphatic heterocycles. The lowest BCUT2D eigenvalue weighted by atomic mass is 9.70. The van der Waals surface area contributed by atoms with Crippen molar-refractivity contribution in [1.82, 2.24) is 19.4 Å². The molecule has 1 aromatic heterocycles. The molecule has 0 radical (unpaired) electrons. The number of anilines is 1. The van der Waals surface area contributed by atoms with Crippen molar-refractivity contribution >= 4 is 44.3 Å². The zero-order valence-electron chi connectivity index (χ0n) is 26.8. The molecular formula is C36H41ClFN5O3S. The van der Waals surface area contributed by atoms with E-state index in [2.05, 4.69) is 39.3 Å². The lowest BCUT2D eigenvalue weighted by Gasteiger charge is -2.45. The number of halogens is 2. The summed E-state index contributed by atoms with van der Waals surface area (Å²) in [6.07, 6.45) is 7.91. The van der Waals surface area contributed by atoms with Crippen LogP contribution in [-0.2, 0) is 15.4 Å². The van der Waals surface area contributed by atoms with Crippen molar-refractivity contribution in [2.45, 2.75) is 75.4 Å². The van der Waals surface area contributed by atoms with Crippen LogP contribution in [0.2, 0.25) is 5.02 Å². The number of para-hydroxylation sites is 2. The molecule has 47 heavy (non-hydrogen) atoms. The third-order valence-electron chi connectivity index (χ3n) is 10.8. The van der Waals surface area contributed by atoms with Crippen LogP contribution in [0.1, 0.15) is 72.7 Å². The number of amides is 1. The molecule has 1 N–H and O–H groups in total. The van der Waals surface area contributed by atoms with E-state index in [0.29, 0.717) is 44.1 Å². The van der Waals surface area contributed by atoms with Crippen LogP contribution >= 0.6 is 11.6 Å². The van der Waals surface area contributed by atoms with Crippen molar-refractivity contribution in [3.05, 3.63) is 94.5 Å². The van der Waals surface area contributed by atoms with Gasteiger partial charge in [-0.25, -0.2) is 17.8 Å². The van der Waals surface area contributed by atoms with E-state index in [-0.39, 0.29) is 33.4 Å². The van der Waals surface area contributed by atoms with E-state index in [1.165, 1.54) is 24.4 Å². The maximum absolute atomic E-state index is 14.6. The monoisotopic (exact) mass is 677 g/mol. The van der Waals surface area contributed by atoms with Crippen LogP contribution in [0.3, 0.4) is 0 Å². The SMILES string of the molecule is Cc1nc2ccccc2n1C1C[C@H]2CC[C@@H](C1)N2CCC1(c2cccc(F)c2)CCN(C(=O)c2cccc(NS(C)(=O)=O)c2Cl)CC1. The van der Waals surface area contributed by atoms with Gasteiger partial charge in [-0.2, -0.15) is 0 Å². The minimum atomic E-state index is -3.56. The van der Waals surface area contributed by atoms with Gasteiger partial charge in [-0.1, -0.05) is 41.9 Å². The van der Waals surface area contributed by atoms with Crippen LogP contribution in [-0.4, -0.2) is 71.6 Å². The van der Waals surface area contributed by atoms with Crippen molar-refractivity contribution in [3.8, 4) is 0 Å². The Morgan fingerprint density at radius 3 is 2.40 bits per heavy atom. The number of sulfonamides is 1. The molecule has 7 rings (SSSR count). The predicted molar refractivity (Wildman–Crippen MR) is 184 cm³/mol. The fraction of sp³-hybridized carbons (Fsp3) is 0.444. The van der Waals surface area contributed by atoms with Crippen LogP contribution in [0.5, 0.6) is 0 Å². The van der Waals surface area contributed by atoms with Crippen molar-refractivity contribution < 1.29 is 17.6 Å². The molecule has 3 aliphatic rings. The molecule has 11 heteroatoms. The molecule has 1 unspecified atom stereocenters. The molecule has 0 aliphatic carbocycles. The highest BCUT2D eigenvalue weighted by atomic mass is 35.5. The number of carbonyl (C=O) groups is 1. The molecular weight excluding hydrogens is 637 g/mol. The lowest BCUT2D eigenvalue weighted by molar-refractivity contribution is 0.0606. The Kier molecular flexibility index (Phi) is 8.55. The number of hydrogen-bond acceptors (Lipinski definition) is 5. The number of carbonyl (C=O) groups excluding carboxylic acids is 1. The minimum Gasteiger partial charge on any atom is -0.339 e. The second-order valence-corrected chi connectivity index (χ2v) is 15.8. The highest BCUT2D eigenvalue weighted by Crippen LogP contribution is 2.45. The number of likely N-dealkylation sites (tertiary alicyclic amines) is 1. The molecule has 4 aromatic rings. The summed E-state index contributed by atoms with van der Waals surface area (Å²) in [5.41, 5.74) is 3.44. The fourth-order valence-corrected chi connectivity index (χ4v) is 9.46. The van der Waals surface area contributed by atoms with Crippen molar-refractivity contribution in [3.63, 3.8) is 0 Å². The molecule has 3 atom stereocenters. The van der Waals surface area contributed by atoms with E-state index in [1.54, 1.807) is 35.2 Å². The number of rotatable bonds is 8. The zero-order chi connectivity index (χ0) is 32.9. The first-order valence-electron chi connectivity index (χ1n) is 16.5. The van der Waals surface area contributed by atoms with Crippen LogP contribution in [0, 0.1) is 12.7 Å². The third-order valence-corrected chi connectivity index (χ3v) is 11.8. The Morgan fingerprint density at radius 2 is 1.70 bits per heavy atom. The highest BCUT2D eigenvalue weighted by molar-refractivity contribution is 7.92. The summed E-state index contributed by atoms with van der Waals surface area (Å²) in [6.45, 7) is 4.04. The highest BCUT2D eigenvalue weighted by Gasteiger charge is 2.44. The number of benzene rings is 3. The zero-order valence-corrected chi connectivity index (χ0v) is 28.4. The molecule has 248 valence electrons. The van der Waals surface area contributed by atoms with Crippen molar-refractivity contribution in [2.24, 2.45) is 0 Å². The molecule has 1 amide bonds. The largest absolute Gasteiger partial charge is 0.339 e. The first kappa shape index (κ1) is 32.1. The second-order valence-electron chi connectivity index (χ2n) is 13.6. The smallest absolute Gasteiger partial charge is 0.255 e. The molecule has 8 nitrogen and oxygen atoms in total. The topological polar surface area (TPSA) is 87.5 Å². The predicted octanol–water partition coefficient (Wildman–Crippen LogP) is 6.94. The first-order chi connectivity index (χ1) is 22.5. The van der Waals surface area contributed by atoms with Gasteiger partial charge < -0.3 is 9.47 Å². The average molecular weight is 678 g/mol.